The second kappa shape index (κ2) is 7.42. The summed E-state index contributed by atoms with van der Waals surface area (Å²) in [5, 5.41) is 3.22. The van der Waals surface area contributed by atoms with Crippen LogP contribution in [0.1, 0.15) is 26.3 Å². The molecule has 1 rings (SSSR count). The van der Waals surface area contributed by atoms with Crippen molar-refractivity contribution in [3.63, 3.8) is 0 Å². The summed E-state index contributed by atoms with van der Waals surface area (Å²) in [6.45, 7) is 5.19. The molecule has 1 aromatic carbocycles. The first kappa shape index (κ1) is 18.2. The van der Waals surface area contributed by atoms with E-state index in [1.807, 2.05) is 30.3 Å². The Bertz CT molecular complexity index is 617. The van der Waals surface area contributed by atoms with Gasteiger partial charge < -0.3 is 10.1 Å². The van der Waals surface area contributed by atoms with Gasteiger partial charge in [0.25, 0.3) is 10.1 Å². The monoisotopic (exact) mass is 327 g/mol. The quantitative estimate of drug-likeness (QED) is 0.811. The Kier molecular flexibility index (Phi) is 6.13. The van der Waals surface area contributed by atoms with Crippen molar-refractivity contribution in [1.82, 2.24) is 5.32 Å². The van der Waals surface area contributed by atoms with Gasteiger partial charge in [0.2, 0.25) is 0 Å². The molecule has 0 aliphatic heterocycles. The zero-order valence-electron chi connectivity index (χ0n) is 12.8. The zero-order chi connectivity index (χ0) is 16.8. The molecule has 0 aromatic heterocycles. The van der Waals surface area contributed by atoms with Gasteiger partial charge in [-0.15, -0.1) is 0 Å². The number of hydrogen-bond acceptors (Lipinski definition) is 4. The first-order valence-corrected chi connectivity index (χ1v) is 8.25. The fourth-order valence-corrected chi connectivity index (χ4v) is 2.08. The predicted octanol–water partition coefficient (Wildman–Crippen LogP) is 2.52. The van der Waals surface area contributed by atoms with Crippen LogP contribution >= 0.6 is 0 Å². The van der Waals surface area contributed by atoms with E-state index in [0.29, 0.717) is 11.8 Å². The van der Waals surface area contributed by atoms with Gasteiger partial charge in [0.1, 0.15) is 5.60 Å². The molecule has 0 radical (unpaired) electrons. The maximum Gasteiger partial charge on any atom is 0.408 e. The first-order valence-electron chi connectivity index (χ1n) is 6.74. The van der Waals surface area contributed by atoms with Crippen LogP contribution < -0.4 is 5.32 Å². The van der Waals surface area contributed by atoms with E-state index in [9.17, 15) is 13.2 Å². The highest BCUT2D eigenvalue weighted by atomic mass is 32.2. The highest BCUT2D eigenvalue weighted by Gasteiger charge is 2.19. The molecule has 0 aliphatic rings. The largest absolute Gasteiger partial charge is 0.444 e. The van der Waals surface area contributed by atoms with Crippen LogP contribution in [-0.4, -0.2) is 30.7 Å². The standard InChI is InChI=1S/C15H21NO5S/c1-15(2,3)21-14(17)16-13(9-10-22(18,19)20)11-12-7-5-4-6-8-12/h4-10,13H,11H2,1-3H3,(H,16,17)(H,18,19,20)/b10-9+/t13-/m1/s1. The molecule has 1 amide bonds. The van der Waals surface area contributed by atoms with Crippen LogP contribution in [0.2, 0.25) is 0 Å². The van der Waals surface area contributed by atoms with Gasteiger partial charge in [0, 0.05) is 0 Å². The smallest absolute Gasteiger partial charge is 0.408 e. The summed E-state index contributed by atoms with van der Waals surface area (Å²) in [6.07, 6.45) is 0.923. The molecule has 0 heterocycles. The van der Waals surface area contributed by atoms with Crippen molar-refractivity contribution in [3.05, 3.63) is 47.4 Å². The molecule has 122 valence electrons. The van der Waals surface area contributed by atoms with E-state index >= 15 is 0 Å². The molecule has 6 nitrogen and oxygen atoms in total. The minimum atomic E-state index is -4.26. The molecule has 0 saturated carbocycles. The van der Waals surface area contributed by atoms with Crippen molar-refractivity contribution in [1.29, 1.82) is 0 Å². The molecule has 1 atom stereocenters. The number of alkyl carbamates (subject to hydrolysis) is 1. The lowest BCUT2D eigenvalue weighted by Crippen LogP contribution is -2.39. The Morgan fingerprint density at radius 1 is 1.32 bits per heavy atom. The van der Waals surface area contributed by atoms with Gasteiger partial charge in [-0.3, -0.25) is 4.55 Å². The van der Waals surface area contributed by atoms with E-state index in [1.54, 1.807) is 20.8 Å². The van der Waals surface area contributed by atoms with E-state index in [4.69, 9.17) is 9.29 Å². The third kappa shape index (κ3) is 8.43. The molecule has 2 N–H and O–H groups in total. The van der Waals surface area contributed by atoms with Crippen LogP contribution in [0, 0.1) is 0 Å². The number of carbonyl (C=O) groups is 1. The van der Waals surface area contributed by atoms with Crippen LogP contribution in [-0.2, 0) is 21.3 Å². The van der Waals surface area contributed by atoms with Crippen LogP contribution in [0.15, 0.2) is 41.8 Å². The topological polar surface area (TPSA) is 92.7 Å². The van der Waals surface area contributed by atoms with E-state index in [1.165, 1.54) is 6.08 Å². The Morgan fingerprint density at radius 3 is 2.41 bits per heavy atom. The Labute approximate surface area is 130 Å². The Morgan fingerprint density at radius 2 is 1.91 bits per heavy atom. The summed E-state index contributed by atoms with van der Waals surface area (Å²) in [6, 6.07) is 8.61. The molecular formula is C15H21NO5S. The molecule has 0 spiro atoms. The van der Waals surface area contributed by atoms with E-state index < -0.39 is 27.9 Å². The van der Waals surface area contributed by atoms with E-state index in [0.717, 1.165) is 5.56 Å². The van der Waals surface area contributed by atoms with Gasteiger partial charge in [0.05, 0.1) is 11.4 Å². The SMILES string of the molecule is CC(C)(C)OC(=O)N[C@H](/C=C/S(=O)(=O)O)Cc1ccccc1. The van der Waals surface area contributed by atoms with Crippen LogP contribution in [0.4, 0.5) is 4.79 Å². The fourth-order valence-electron chi connectivity index (χ4n) is 1.69. The number of hydrogen-bond donors (Lipinski definition) is 2. The molecule has 0 saturated heterocycles. The van der Waals surface area contributed by atoms with E-state index in [2.05, 4.69) is 5.32 Å². The van der Waals surface area contributed by atoms with Gasteiger partial charge in [0.15, 0.2) is 0 Å². The summed E-state index contributed by atoms with van der Waals surface area (Å²) in [7, 11) is -4.26. The van der Waals surface area contributed by atoms with Crippen LogP contribution in [0.3, 0.4) is 0 Å². The lowest BCUT2D eigenvalue weighted by Gasteiger charge is -2.22. The van der Waals surface area contributed by atoms with E-state index in [-0.39, 0.29) is 0 Å². The van der Waals surface area contributed by atoms with Gasteiger partial charge in [-0.2, -0.15) is 8.42 Å². The van der Waals surface area contributed by atoms with Crippen molar-refractivity contribution in [2.45, 2.75) is 38.8 Å². The summed E-state index contributed by atoms with van der Waals surface area (Å²) in [4.78, 5) is 11.8. The lowest BCUT2D eigenvalue weighted by molar-refractivity contribution is 0.0514. The Hall–Kier alpha value is -1.86. The maximum atomic E-state index is 11.8. The number of ether oxygens (including phenoxy) is 1. The molecule has 0 bridgehead atoms. The maximum absolute atomic E-state index is 11.8. The second-order valence-corrected chi connectivity index (χ2v) is 7.09. The molecular weight excluding hydrogens is 306 g/mol. The van der Waals surface area contributed by atoms with Gasteiger partial charge in [-0.05, 0) is 38.8 Å². The van der Waals surface area contributed by atoms with Crippen molar-refractivity contribution in [2.24, 2.45) is 0 Å². The molecule has 22 heavy (non-hydrogen) atoms. The van der Waals surface area contributed by atoms with Crippen LogP contribution in [0.5, 0.6) is 0 Å². The van der Waals surface area contributed by atoms with Crippen molar-refractivity contribution in [2.75, 3.05) is 0 Å². The predicted molar refractivity (Wildman–Crippen MR) is 84.0 cm³/mol. The summed E-state index contributed by atoms with van der Waals surface area (Å²) in [5.41, 5.74) is 0.247. The molecule has 7 heteroatoms. The average molecular weight is 327 g/mol. The first-order chi connectivity index (χ1) is 10.1. The summed E-state index contributed by atoms with van der Waals surface area (Å²) in [5.74, 6) is 0. The second-order valence-electron chi connectivity index (χ2n) is 5.79. The number of rotatable bonds is 5. The lowest BCUT2D eigenvalue weighted by atomic mass is 10.1. The number of amides is 1. The highest BCUT2D eigenvalue weighted by molar-refractivity contribution is 7.88. The normalized spacial score (nSPS) is 13.8. The number of carbonyl (C=O) groups excluding carboxylic acids is 1. The molecule has 1 aromatic rings. The van der Waals surface area contributed by atoms with Crippen molar-refractivity contribution in [3.8, 4) is 0 Å². The molecule has 0 fully saturated rings. The minimum Gasteiger partial charge on any atom is -0.444 e. The third-order valence-corrected chi connectivity index (χ3v) is 2.98. The van der Waals surface area contributed by atoms with Gasteiger partial charge in [-0.25, -0.2) is 4.79 Å². The van der Waals surface area contributed by atoms with Gasteiger partial charge >= 0.3 is 6.09 Å². The minimum absolute atomic E-state index is 0.367. The average Bonchev–Trinajstić information content (AvgIpc) is 2.34. The fraction of sp³-hybridized carbons (Fsp3) is 0.400. The van der Waals surface area contributed by atoms with Gasteiger partial charge in [-0.1, -0.05) is 30.3 Å². The van der Waals surface area contributed by atoms with Crippen LogP contribution in [0.25, 0.3) is 0 Å². The van der Waals surface area contributed by atoms with Crippen molar-refractivity contribution < 1.29 is 22.5 Å². The molecule has 0 unspecified atom stereocenters. The number of nitrogens with one attached hydrogen (secondary N) is 1. The summed E-state index contributed by atoms with van der Waals surface area (Å²) < 4.78 is 35.6. The molecule has 0 aliphatic carbocycles. The number of benzene rings is 1. The summed E-state index contributed by atoms with van der Waals surface area (Å²) >= 11 is 0. The zero-order valence-corrected chi connectivity index (χ0v) is 13.6. The van der Waals surface area contributed by atoms with Crippen molar-refractivity contribution >= 4 is 16.2 Å². The third-order valence-electron chi connectivity index (χ3n) is 2.48. The highest BCUT2D eigenvalue weighted by Crippen LogP contribution is 2.09. The Balaban J connectivity index is 2.82.